The van der Waals surface area contributed by atoms with Crippen molar-refractivity contribution in [1.29, 1.82) is 0 Å². The van der Waals surface area contributed by atoms with Crippen LogP contribution >= 0.6 is 11.6 Å². The standard InChI is InChI=1S/C22H34ClN3O4/c1-15-12-16(6-7-18(15)23)14-26-10-8-17(9-11-26)25-19(20(27)29-5)13-24-21(28)30-22(2,3)4/h6-7,12,17,19,25H,8-11,13-14H2,1-5H3,(H,24,28). The van der Waals surface area contributed by atoms with E-state index in [1.54, 1.807) is 20.8 Å². The fraction of sp³-hybridized carbons (Fsp3) is 0.636. The smallest absolute Gasteiger partial charge is 0.407 e. The summed E-state index contributed by atoms with van der Waals surface area (Å²) in [6, 6.07) is 5.70. The van der Waals surface area contributed by atoms with E-state index in [1.807, 2.05) is 13.0 Å². The van der Waals surface area contributed by atoms with Gasteiger partial charge < -0.3 is 20.1 Å². The van der Waals surface area contributed by atoms with Crippen molar-refractivity contribution in [2.45, 2.75) is 64.8 Å². The molecule has 0 aliphatic carbocycles. The van der Waals surface area contributed by atoms with Crippen molar-refractivity contribution in [3.05, 3.63) is 34.3 Å². The fourth-order valence-electron chi connectivity index (χ4n) is 3.46. The number of halogens is 1. The number of benzene rings is 1. The molecular weight excluding hydrogens is 406 g/mol. The van der Waals surface area contributed by atoms with Crippen LogP contribution in [0.25, 0.3) is 0 Å². The molecule has 1 aliphatic rings. The van der Waals surface area contributed by atoms with Crippen LogP contribution in [0.3, 0.4) is 0 Å². The van der Waals surface area contributed by atoms with Gasteiger partial charge >= 0.3 is 12.1 Å². The van der Waals surface area contributed by atoms with Crippen molar-refractivity contribution >= 4 is 23.7 Å². The average Bonchev–Trinajstić information content (AvgIpc) is 2.67. The third kappa shape index (κ3) is 8.13. The Morgan fingerprint density at radius 3 is 2.50 bits per heavy atom. The lowest BCUT2D eigenvalue weighted by atomic mass is 10.0. The summed E-state index contributed by atoms with van der Waals surface area (Å²) in [4.78, 5) is 26.4. The van der Waals surface area contributed by atoms with Crippen molar-refractivity contribution in [2.75, 3.05) is 26.7 Å². The Balaban J connectivity index is 1.82. The molecule has 1 saturated heterocycles. The molecule has 0 saturated carbocycles. The van der Waals surface area contributed by atoms with Gasteiger partial charge in [-0.15, -0.1) is 0 Å². The van der Waals surface area contributed by atoms with Gasteiger partial charge in [-0.2, -0.15) is 0 Å². The number of hydrogen-bond acceptors (Lipinski definition) is 6. The molecule has 0 spiro atoms. The summed E-state index contributed by atoms with van der Waals surface area (Å²) < 4.78 is 10.1. The molecule has 1 unspecified atom stereocenters. The van der Waals surface area contributed by atoms with Crippen molar-refractivity contribution in [3.63, 3.8) is 0 Å². The number of hydrogen-bond donors (Lipinski definition) is 2. The van der Waals surface area contributed by atoms with Crippen LogP contribution in [0, 0.1) is 6.92 Å². The van der Waals surface area contributed by atoms with Gasteiger partial charge in [-0.05, 0) is 70.8 Å². The number of alkyl carbamates (subject to hydrolysis) is 1. The molecule has 8 heteroatoms. The first-order valence-electron chi connectivity index (χ1n) is 10.4. The number of esters is 1. The summed E-state index contributed by atoms with van der Waals surface area (Å²) in [6.45, 7) is 10.2. The molecule has 7 nitrogen and oxygen atoms in total. The van der Waals surface area contributed by atoms with Crippen LogP contribution in [0.2, 0.25) is 5.02 Å². The summed E-state index contributed by atoms with van der Waals surface area (Å²) in [6.07, 6.45) is 1.27. The minimum Gasteiger partial charge on any atom is -0.468 e. The maximum atomic E-state index is 12.2. The normalized spacial score (nSPS) is 16.7. The maximum absolute atomic E-state index is 12.2. The zero-order chi connectivity index (χ0) is 22.3. The molecule has 1 atom stereocenters. The van der Waals surface area contributed by atoms with E-state index in [0.29, 0.717) is 0 Å². The number of carbonyl (C=O) groups excluding carboxylic acids is 2. The van der Waals surface area contributed by atoms with Gasteiger partial charge in [0.25, 0.3) is 0 Å². The third-order valence-electron chi connectivity index (χ3n) is 4.99. The van der Waals surface area contributed by atoms with Crippen LogP contribution in [0.15, 0.2) is 18.2 Å². The molecule has 1 amide bonds. The topological polar surface area (TPSA) is 79.9 Å². The summed E-state index contributed by atoms with van der Waals surface area (Å²) >= 11 is 6.11. The summed E-state index contributed by atoms with van der Waals surface area (Å²) in [5, 5.41) is 6.77. The van der Waals surface area contributed by atoms with E-state index in [0.717, 1.165) is 43.1 Å². The number of likely N-dealkylation sites (tertiary alicyclic amines) is 1. The predicted octanol–water partition coefficient (Wildman–Crippen LogP) is 3.27. The lowest BCUT2D eigenvalue weighted by Crippen LogP contribution is -2.53. The van der Waals surface area contributed by atoms with Crippen LogP contribution in [0.1, 0.15) is 44.7 Å². The van der Waals surface area contributed by atoms with E-state index >= 15 is 0 Å². The molecule has 2 rings (SSSR count). The van der Waals surface area contributed by atoms with Gasteiger partial charge in [-0.3, -0.25) is 9.69 Å². The van der Waals surface area contributed by atoms with Gasteiger partial charge in [0, 0.05) is 24.2 Å². The van der Waals surface area contributed by atoms with E-state index in [1.165, 1.54) is 12.7 Å². The van der Waals surface area contributed by atoms with Gasteiger partial charge in [0.15, 0.2) is 0 Å². The van der Waals surface area contributed by atoms with Crippen molar-refractivity contribution in [2.24, 2.45) is 0 Å². The zero-order valence-corrected chi connectivity index (χ0v) is 19.3. The largest absolute Gasteiger partial charge is 0.468 e. The summed E-state index contributed by atoms with van der Waals surface area (Å²) in [7, 11) is 1.35. The van der Waals surface area contributed by atoms with Crippen molar-refractivity contribution < 1.29 is 19.1 Å². The molecule has 168 valence electrons. The van der Waals surface area contributed by atoms with E-state index < -0.39 is 23.7 Å². The second-order valence-corrected chi connectivity index (χ2v) is 9.17. The first-order chi connectivity index (χ1) is 14.1. The first kappa shape index (κ1) is 24.4. The highest BCUT2D eigenvalue weighted by molar-refractivity contribution is 6.31. The number of nitrogens with one attached hydrogen (secondary N) is 2. The zero-order valence-electron chi connectivity index (χ0n) is 18.6. The molecule has 30 heavy (non-hydrogen) atoms. The number of methoxy groups -OCH3 is 1. The minimum absolute atomic E-state index is 0.117. The maximum Gasteiger partial charge on any atom is 0.407 e. The number of ether oxygens (including phenoxy) is 2. The average molecular weight is 440 g/mol. The van der Waals surface area contributed by atoms with E-state index in [9.17, 15) is 9.59 Å². The third-order valence-corrected chi connectivity index (χ3v) is 5.41. The molecule has 2 N–H and O–H groups in total. The monoisotopic (exact) mass is 439 g/mol. The Bertz CT molecular complexity index is 728. The molecule has 0 aromatic heterocycles. The van der Waals surface area contributed by atoms with Gasteiger partial charge in [-0.25, -0.2) is 4.79 Å². The number of carbonyl (C=O) groups is 2. The lowest BCUT2D eigenvalue weighted by molar-refractivity contribution is -0.143. The number of aryl methyl sites for hydroxylation is 1. The molecule has 1 aromatic carbocycles. The number of amides is 1. The highest BCUT2D eigenvalue weighted by Gasteiger charge is 2.27. The first-order valence-corrected chi connectivity index (χ1v) is 10.7. The molecule has 0 bridgehead atoms. The van der Waals surface area contributed by atoms with Gasteiger partial charge in [0.2, 0.25) is 0 Å². The van der Waals surface area contributed by atoms with Gasteiger partial charge in [0.1, 0.15) is 11.6 Å². The van der Waals surface area contributed by atoms with Crippen LogP contribution in [0.4, 0.5) is 4.79 Å². The second kappa shape index (κ2) is 11.0. The SMILES string of the molecule is COC(=O)C(CNC(=O)OC(C)(C)C)NC1CCN(Cc2ccc(Cl)c(C)c2)CC1. The van der Waals surface area contributed by atoms with Crippen LogP contribution in [-0.2, 0) is 20.8 Å². The summed E-state index contributed by atoms with van der Waals surface area (Å²) in [5.41, 5.74) is 1.75. The Morgan fingerprint density at radius 1 is 1.27 bits per heavy atom. The van der Waals surface area contributed by atoms with Gasteiger partial charge in [-0.1, -0.05) is 23.7 Å². The molecule has 1 aliphatic heterocycles. The van der Waals surface area contributed by atoms with Crippen LogP contribution in [-0.4, -0.2) is 61.4 Å². The Kier molecular flexibility index (Phi) is 8.94. The van der Waals surface area contributed by atoms with Crippen LogP contribution < -0.4 is 10.6 Å². The van der Waals surface area contributed by atoms with E-state index in [4.69, 9.17) is 21.1 Å². The van der Waals surface area contributed by atoms with Gasteiger partial charge in [0.05, 0.1) is 7.11 Å². The molecule has 0 radical (unpaired) electrons. The van der Waals surface area contributed by atoms with E-state index in [2.05, 4.69) is 27.7 Å². The predicted molar refractivity (Wildman–Crippen MR) is 118 cm³/mol. The quantitative estimate of drug-likeness (QED) is 0.635. The van der Waals surface area contributed by atoms with Crippen molar-refractivity contribution in [3.8, 4) is 0 Å². The molecule has 1 fully saturated rings. The molecule has 1 heterocycles. The fourth-order valence-corrected chi connectivity index (χ4v) is 3.58. The van der Waals surface area contributed by atoms with Crippen LogP contribution in [0.5, 0.6) is 0 Å². The number of rotatable bonds is 7. The second-order valence-electron chi connectivity index (χ2n) is 8.76. The Hall–Kier alpha value is -1.83. The molecular formula is C22H34ClN3O4. The van der Waals surface area contributed by atoms with Crippen molar-refractivity contribution in [1.82, 2.24) is 15.5 Å². The number of nitrogens with zero attached hydrogens (tertiary/aromatic N) is 1. The minimum atomic E-state index is -0.613. The van der Waals surface area contributed by atoms with E-state index in [-0.39, 0.29) is 12.6 Å². The highest BCUT2D eigenvalue weighted by Crippen LogP contribution is 2.19. The lowest BCUT2D eigenvalue weighted by Gasteiger charge is -2.34. The summed E-state index contributed by atoms with van der Waals surface area (Å²) in [5.74, 6) is -0.398. The molecule has 1 aromatic rings. The number of piperidine rings is 1. The Morgan fingerprint density at radius 2 is 1.93 bits per heavy atom. The highest BCUT2D eigenvalue weighted by atomic mass is 35.5. The Labute approximate surface area is 184 Å².